The van der Waals surface area contributed by atoms with E-state index < -0.39 is 0 Å². The highest BCUT2D eigenvalue weighted by Crippen LogP contribution is 2.50. The first-order valence-electron chi connectivity index (χ1n) is 12.9. The molecular formula is C28H36Cl2N2O3S. The molecule has 1 amide bonds. The topological polar surface area (TPSA) is 49.9 Å². The van der Waals surface area contributed by atoms with Crippen molar-refractivity contribution in [3.05, 3.63) is 36.4 Å². The molecule has 0 aliphatic carbocycles. The number of esters is 1. The molecule has 0 radical (unpaired) electrons. The Kier molecular flexibility index (Phi) is 11.7. The third-order valence-electron chi connectivity index (χ3n) is 6.02. The number of ether oxygens (including phenoxy) is 1. The van der Waals surface area contributed by atoms with Gasteiger partial charge in [-0.2, -0.15) is 0 Å². The van der Waals surface area contributed by atoms with Gasteiger partial charge >= 0.3 is 5.97 Å². The van der Waals surface area contributed by atoms with Gasteiger partial charge in [-0.1, -0.05) is 38.5 Å². The van der Waals surface area contributed by atoms with E-state index in [0.717, 1.165) is 59.9 Å². The Morgan fingerprint density at radius 2 is 1.47 bits per heavy atom. The number of carbonyl (C=O) groups excluding carboxylic acids is 2. The van der Waals surface area contributed by atoms with E-state index in [4.69, 9.17) is 27.9 Å². The molecule has 0 N–H and O–H groups in total. The van der Waals surface area contributed by atoms with Gasteiger partial charge < -0.3 is 9.64 Å². The second-order valence-corrected chi connectivity index (χ2v) is 10.7. The predicted molar refractivity (Wildman–Crippen MR) is 152 cm³/mol. The molecule has 1 aliphatic rings. The molecule has 1 heterocycles. The van der Waals surface area contributed by atoms with E-state index in [-0.39, 0.29) is 18.3 Å². The minimum absolute atomic E-state index is 0.00637. The molecule has 0 unspecified atom stereocenters. The lowest BCUT2D eigenvalue weighted by molar-refractivity contribution is -0.134. The molecule has 0 atom stereocenters. The van der Waals surface area contributed by atoms with E-state index in [1.54, 1.807) is 22.7 Å². The normalized spacial score (nSPS) is 12.2. The Morgan fingerprint density at radius 1 is 0.861 bits per heavy atom. The van der Waals surface area contributed by atoms with E-state index in [1.165, 1.54) is 5.69 Å². The summed E-state index contributed by atoms with van der Waals surface area (Å²) in [7, 11) is 0. The number of nitrogens with zero attached hydrogens (tertiary/aromatic N) is 2. The number of alkyl halides is 2. The van der Waals surface area contributed by atoms with E-state index in [9.17, 15) is 9.59 Å². The highest BCUT2D eigenvalue weighted by Gasteiger charge is 2.29. The molecule has 8 heteroatoms. The van der Waals surface area contributed by atoms with Crippen molar-refractivity contribution in [2.24, 2.45) is 0 Å². The van der Waals surface area contributed by atoms with Crippen LogP contribution in [0, 0.1) is 0 Å². The summed E-state index contributed by atoms with van der Waals surface area (Å²) in [5, 5.41) is 0. The number of amides is 1. The molecule has 0 saturated carbocycles. The molecule has 1 aliphatic heterocycles. The lowest BCUT2D eigenvalue weighted by Crippen LogP contribution is -2.29. The average molecular weight is 552 g/mol. The van der Waals surface area contributed by atoms with Crippen molar-refractivity contribution < 1.29 is 14.3 Å². The third-order valence-corrected chi connectivity index (χ3v) is 7.65. The lowest BCUT2D eigenvalue weighted by Gasteiger charge is -2.33. The average Bonchev–Trinajstić information content (AvgIpc) is 2.88. The summed E-state index contributed by atoms with van der Waals surface area (Å²) < 4.78 is 5.54. The van der Waals surface area contributed by atoms with E-state index in [2.05, 4.69) is 36.9 Å². The van der Waals surface area contributed by atoms with Crippen LogP contribution >= 0.6 is 35.0 Å². The maximum absolute atomic E-state index is 13.3. The summed E-state index contributed by atoms with van der Waals surface area (Å²) in [5.74, 6) is 1.03. The minimum atomic E-state index is -0.309. The van der Waals surface area contributed by atoms with Crippen LogP contribution in [0.15, 0.2) is 46.2 Å². The first kappa shape index (κ1) is 28.7. The van der Waals surface area contributed by atoms with Gasteiger partial charge in [0.1, 0.15) is 5.75 Å². The monoisotopic (exact) mass is 550 g/mol. The van der Waals surface area contributed by atoms with E-state index in [0.29, 0.717) is 36.8 Å². The Hall–Kier alpha value is -1.89. The summed E-state index contributed by atoms with van der Waals surface area (Å²) in [6, 6.07) is 11.8. The van der Waals surface area contributed by atoms with Crippen molar-refractivity contribution in [1.82, 2.24) is 0 Å². The highest BCUT2D eigenvalue weighted by atomic mass is 35.5. The molecule has 2 aromatic carbocycles. The Labute approximate surface area is 229 Å². The van der Waals surface area contributed by atoms with Crippen LogP contribution in [0.5, 0.6) is 5.75 Å². The molecule has 3 rings (SSSR count). The first-order valence-corrected chi connectivity index (χ1v) is 14.8. The van der Waals surface area contributed by atoms with Crippen LogP contribution in [0.25, 0.3) is 0 Å². The fourth-order valence-corrected chi connectivity index (χ4v) is 5.49. The van der Waals surface area contributed by atoms with Gasteiger partial charge in [-0.15, -0.1) is 23.2 Å². The molecule has 0 saturated heterocycles. The molecule has 5 nitrogen and oxygen atoms in total. The fraction of sp³-hybridized carbons (Fsp3) is 0.500. The van der Waals surface area contributed by atoms with Crippen LogP contribution in [0.4, 0.5) is 17.1 Å². The number of anilines is 3. The summed E-state index contributed by atoms with van der Waals surface area (Å²) in [4.78, 5) is 31.6. The van der Waals surface area contributed by atoms with Crippen LogP contribution in [-0.4, -0.2) is 36.7 Å². The van der Waals surface area contributed by atoms with E-state index in [1.807, 2.05) is 12.1 Å². The van der Waals surface area contributed by atoms with Crippen molar-refractivity contribution in [3.8, 4) is 5.75 Å². The largest absolute Gasteiger partial charge is 0.426 e. The van der Waals surface area contributed by atoms with Crippen molar-refractivity contribution in [1.29, 1.82) is 0 Å². The number of hydrogen-bond donors (Lipinski definition) is 0. The second kappa shape index (κ2) is 14.7. The predicted octanol–water partition coefficient (Wildman–Crippen LogP) is 8.17. The van der Waals surface area contributed by atoms with Crippen LogP contribution in [0.2, 0.25) is 0 Å². The van der Waals surface area contributed by atoms with Crippen molar-refractivity contribution >= 4 is 63.9 Å². The van der Waals surface area contributed by atoms with Gasteiger partial charge in [0.15, 0.2) is 0 Å². The smallest absolute Gasteiger partial charge is 0.311 e. The van der Waals surface area contributed by atoms with Gasteiger partial charge in [-0.25, -0.2) is 0 Å². The van der Waals surface area contributed by atoms with Crippen molar-refractivity contribution in [2.45, 2.75) is 75.0 Å². The molecule has 0 spiro atoms. The molecule has 0 bridgehead atoms. The summed E-state index contributed by atoms with van der Waals surface area (Å²) >= 11 is 13.2. The van der Waals surface area contributed by atoms with Crippen molar-refractivity contribution in [3.63, 3.8) is 0 Å². The van der Waals surface area contributed by atoms with Gasteiger partial charge in [0, 0.05) is 53.2 Å². The number of benzene rings is 2. The quantitative estimate of drug-likeness (QED) is 0.135. The lowest BCUT2D eigenvalue weighted by atomic mass is 10.1. The minimum Gasteiger partial charge on any atom is -0.426 e. The van der Waals surface area contributed by atoms with Gasteiger partial charge in [-0.05, 0) is 62.1 Å². The van der Waals surface area contributed by atoms with Gasteiger partial charge in [0.25, 0.3) is 0 Å². The summed E-state index contributed by atoms with van der Waals surface area (Å²) in [6.07, 6.45) is 6.39. The Morgan fingerprint density at radius 3 is 2.11 bits per heavy atom. The number of halogens is 2. The van der Waals surface area contributed by atoms with Gasteiger partial charge in [0.2, 0.25) is 5.91 Å². The Balaban J connectivity index is 1.96. The summed E-state index contributed by atoms with van der Waals surface area (Å²) in [6.45, 7) is 6.44. The van der Waals surface area contributed by atoms with Crippen LogP contribution in [0.3, 0.4) is 0 Å². The maximum atomic E-state index is 13.3. The molecule has 36 heavy (non-hydrogen) atoms. The van der Waals surface area contributed by atoms with Gasteiger partial charge in [0.05, 0.1) is 11.4 Å². The zero-order valence-electron chi connectivity index (χ0n) is 21.2. The fourth-order valence-electron chi connectivity index (χ4n) is 4.10. The zero-order chi connectivity index (χ0) is 25.9. The first-order chi connectivity index (χ1) is 17.5. The number of unbranched alkanes of at least 4 members (excludes halogenated alkanes) is 2. The Bertz CT molecular complexity index is 1030. The molecule has 2 aromatic rings. The molecule has 196 valence electrons. The van der Waals surface area contributed by atoms with Crippen molar-refractivity contribution in [2.75, 3.05) is 34.6 Å². The van der Waals surface area contributed by atoms with Crippen LogP contribution in [-0.2, 0) is 9.59 Å². The molecule has 0 fully saturated rings. The van der Waals surface area contributed by atoms with Crippen LogP contribution in [0.1, 0.15) is 65.2 Å². The molecular weight excluding hydrogens is 515 g/mol. The zero-order valence-corrected chi connectivity index (χ0v) is 23.6. The molecule has 0 aromatic heterocycles. The SMILES string of the molecule is CCCCN(CCCC)c1ccc2c(c1)Sc1cc(OC(=O)CCCCl)ccc1N2C(=O)CCCCl. The third kappa shape index (κ3) is 7.56. The second-order valence-electron chi connectivity index (χ2n) is 8.87. The maximum Gasteiger partial charge on any atom is 0.311 e. The highest BCUT2D eigenvalue weighted by molar-refractivity contribution is 7.99. The number of carbonyl (C=O) groups is 2. The standard InChI is InChI=1S/C28H36Cl2N2O3S/c1-3-5-17-31(18-6-4-2)21-11-13-23-25(19-21)36-26-20-22(35-28(34)10-8-16-30)12-14-24(26)32(23)27(33)9-7-15-29/h11-14,19-20H,3-10,15-18H2,1-2H3. The number of fused-ring (bicyclic) bond motifs is 2. The van der Waals surface area contributed by atoms with Crippen LogP contribution < -0.4 is 14.5 Å². The summed E-state index contributed by atoms with van der Waals surface area (Å²) in [5.41, 5.74) is 2.85. The van der Waals surface area contributed by atoms with E-state index >= 15 is 0 Å². The number of hydrogen-bond acceptors (Lipinski definition) is 5. The number of rotatable bonds is 14. The van der Waals surface area contributed by atoms with Gasteiger partial charge in [-0.3, -0.25) is 14.5 Å².